The highest BCUT2D eigenvalue weighted by molar-refractivity contribution is 5.94. The number of hydrogen-bond acceptors (Lipinski definition) is 3. The molecule has 25 heavy (non-hydrogen) atoms. The Morgan fingerprint density at radius 2 is 1.56 bits per heavy atom. The average Bonchev–Trinajstić information content (AvgIpc) is 2.68. The van der Waals surface area contributed by atoms with E-state index < -0.39 is 0 Å². The van der Waals surface area contributed by atoms with E-state index in [2.05, 4.69) is 6.07 Å². The van der Waals surface area contributed by atoms with Gasteiger partial charge in [-0.3, -0.25) is 9.59 Å². The van der Waals surface area contributed by atoms with Crippen molar-refractivity contribution in [1.29, 1.82) is 5.26 Å². The van der Waals surface area contributed by atoms with Gasteiger partial charge in [0.25, 0.3) is 5.91 Å². The minimum Gasteiger partial charge on any atom is -0.339 e. The SMILES string of the molecule is N#Cc1ccc(C(=O)N2CCN(C(=O)CC3CCCCC3)CC2)cc1. The second-order valence-corrected chi connectivity index (χ2v) is 7.07. The van der Waals surface area contributed by atoms with Crippen LogP contribution in [0.25, 0.3) is 0 Å². The lowest BCUT2D eigenvalue weighted by atomic mass is 9.86. The highest BCUT2D eigenvalue weighted by atomic mass is 16.2. The van der Waals surface area contributed by atoms with Crippen molar-refractivity contribution in [1.82, 2.24) is 9.80 Å². The third-order valence-electron chi connectivity index (χ3n) is 5.37. The van der Waals surface area contributed by atoms with Gasteiger partial charge in [-0.25, -0.2) is 0 Å². The second kappa shape index (κ2) is 8.15. The van der Waals surface area contributed by atoms with Crippen LogP contribution >= 0.6 is 0 Å². The molecule has 132 valence electrons. The molecule has 0 radical (unpaired) electrons. The minimum absolute atomic E-state index is 0.0242. The van der Waals surface area contributed by atoms with Crippen LogP contribution < -0.4 is 0 Å². The van der Waals surface area contributed by atoms with Crippen molar-refractivity contribution in [3.63, 3.8) is 0 Å². The lowest BCUT2D eigenvalue weighted by Gasteiger charge is -2.35. The van der Waals surface area contributed by atoms with E-state index in [0.29, 0.717) is 49.6 Å². The van der Waals surface area contributed by atoms with Crippen molar-refractivity contribution >= 4 is 11.8 Å². The van der Waals surface area contributed by atoms with Crippen molar-refractivity contribution in [2.75, 3.05) is 26.2 Å². The highest BCUT2D eigenvalue weighted by Crippen LogP contribution is 2.27. The summed E-state index contributed by atoms with van der Waals surface area (Å²) in [4.78, 5) is 28.7. The van der Waals surface area contributed by atoms with Gasteiger partial charge >= 0.3 is 0 Å². The van der Waals surface area contributed by atoms with Gasteiger partial charge < -0.3 is 9.80 Å². The molecule has 1 heterocycles. The predicted octanol–water partition coefficient (Wildman–Crippen LogP) is 2.81. The van der Waals surface area contributed by atoms with Crippen LogP contribution in [0, 0.1) is 17.2 Å². The number of amides is 2. The molecule has 0 atom stereocenters. The average molecular weight is 339 g/mol. The van der Waals surface area contributed by atoms with E-state index >= 15 is 0 Å². The van der Waals surface area contributed by atoms with Crippen molar-refractivity contribution < 1.29 is 9.59 Å². The smallest absolute Gasteiger partial charge is 0.253 e. The maximum absolute atomic E-state index is 12.5. The quantitative estimate of drug-likeness (QED) is 0.850. The van der Waals surface area contributed by atoms with Gasteiger partial charge in [-0.15, -0.1) is 0 Å². The van der Waals surface area contributed by atoms with Crippen molar-refractivity contribution in [3.05, 3.63) is 35.4 Å². The van der Waals surface area contributed by atoms with Crippen molar-refractivity contribution in [2.45, 2.75) is 38.5 Å². The topological polar surface area (TPSA) is 64.4 Å². The summed E-state index contributed by atoms with van der Waals surface area (Å²) in [5.74, 6) is 0.779. The molecule has 2 aliphatic rings. The lowest BCUT2D eigenvalue weighted by molar-refractivity contribution is -0.133. The molecule has 1 aliphatic heterocycles. The first-order valence-electron chi connectivity index (χ1n) is 9.24. The second-order valence-electron chi connectivity index (χ2n) is 7.07. The van der Waals surface area contributed by atoms with E-state index in [0.717, 1.165) is 0 Å². The Labute approximate surface area is 149 Å². The van der Waals surface area contributed by atoms with Crippen LogP contribution in [0.2, 0.25) is 0 Å². The van der Waals surface area contributed by atoms with Crippen LogP contribution in [0.1, 0.15) is 54.4 Å². The Morgan fingerprint density at radius 3 is 2.16 bits per heavy atom. The molecule has 1 aromatic carbocycles. The van der Waals surface area contributed by atoms with Crippen molar-refractivity contribution in [3.8, 4) is 6.07 Å². The van der Waals surface area contributed by atoms with Crippen LogP contribution in [-0.2, 0) is 4.79 Å². The fourth-order valence-electron chi connectivity index (χ4n) is 3.80. The Balaban J connectivity index is 1.49. The molecule has 0 N–H and O–H groups in total. The number of carbonyl (C=O) groups excluding carboxylic acids is 2. The van der Waals surface area contributed by atoms with Gasteiger partial charge in [0.05, 0.1) is 11.6 Å². The number of nitriles is 1. The predicted molar refractivity (Wildman–Crippen MR) is 94.8 cm³/mol. The van der Waals surface area contributed by atoms with Gasteiger partial charge in [-0.05, 0) is 43.0 Å². The normalized spacial score (nSPS) is 18.7. The van der Waals surface area contributed by atoms with Crippen molar-refractivity contribution in [2.24, 2.45) is 5.92 Å². The summed E-state index contributed by atoms with van der Waals surface area (Å²) in [6.45, 7) is 2.39. The van der Waals surface area contributed by atoms with Gasteiger partial charge in [0.2, 0.25) is 5.91 Å². The minimum atomic E-state index is -0.0242. The molecule has 1 aromatic rings. The zero-order chi connectivity index (χ0) is 17.6. The molecule has 5 nitrogen and oxygen atoms in total. The molecule has 1 saturated heterocycles. The summed E-state index contributed by atoms with van der Waals surface area (Å²) < 4.78 is 0. The van der Waals surface area contributed by atoms with Gasteiger partial charge in [-0.2, -0.15) is 5.26 Å². The molecule has 3 rings (SSSR count). The van der Waals surface area contributed by atoms with E-state index in [4.69, 9.17) is 5.26 Å². The summed E-state index contributed by atoms with van der Waals surface area (Å²) in [6.07, 6.45) is 6.85. The molecule has 2 fully saturated rings. The fourth-order valence-corrected chi connectivity index (χ4v) is 3.80. The molecule has 5 heteroatoms. The first-order valence-corrected chi connectivity index (χ1v) is 9.24. The van der Waals surface area contributed by atoms with Gasteiger partial charge in [0, 0.05) is 38.2 Å². The monoisotopic (exact) mass is 339 g/mol. The number of carbonyl (C=O) groups is 2. The lowest BCUT2D eigenvalue weighted by Crippen LogP contribution is -2.50. The van der Waals surface area contributed by atoms with Crippen LogP contribution in [0.4, 0.5) is 0 Å². The molecule has 2 amide bonds. The van der Waals surface area contributed by atoms with E-state index in [-0.39, 0.29) is 11.8 Å². The third-order valence-corrected chi connectivity index (χ3v) is 5.37. The Morgan fingerprint density at radius 1 is 0.960 bits per heavy atom. The summed E-state index contributed by atoms with van der Waals surface area (Å²) in [6, 6.07) is 8.77. The zero-order valence-corrected chi connectivity index (χ0v) is 14.6. The molecule has 0 unspecified atom stereocenters. The van der Waals surface area contributed by atoms with Crippen LogP contribution in [0.3, 0.4) is 0 Å². The first-order chi connectivity index (χ1) is 12.2. The molecular weight excluding hydrogens is 314 g/mol. The summed E-state index contributed by atoms with van der Waals surface area (Å²) in [5, 5.41) is 8.83. The van der Waals surface area contributed by atoms with Gasteiger partial charge in [-0.1, -0.05) is 19.3 Å². The largest absolute Gasteiger partial charge is 0.339 e. The molecular formula is C20H25N3O2. The fraction of sp³-hybridized carbons (Fsp3) is 0.550. The number of piperazine rings is 1. The molecule has 0 bridgehead atoms. The zero-order valence-electron chi connectivity index (χ0n) is 14.6. The van der Waals surface area contributed by atoms with Gasteiger partial charge in [0.15, 0.2) is 0 Å². The standard InChI is InChI=1S/C20H25N3O2/c21-15-17-6-8-18(9-7-17)20(25)23-12-10-22(11-13-23)19(24)14-16-4-2-1-3-5-16/h6-9,16H,1-5,10-14H2. The maximum atomic E-state index is 12.5. The summed E-state index contributed by atoms with van der Waals surface area (Å²) >= 11 is 0. The van der Waals surface area contributed by atoms with E-state index in [1.165, 1.54) is 32.1 Å². The Bertz CT molecular complexity index is 649. The molecule has 1 saturated carbocycles. The van der Waals surface area contributed by atoms with Gasteiger partial charge in [0.1, 0.15) is 0 Å². The number of nitrogens with zero attached hydrogens (tertiary/aromatic N) is 3. The summed E-state index contributed by atoms with van der Waals surface area (Å²) in [5.41, 5.74) is 1.15. The number of hydrogen-bond donors (Lipinski definition) is 0. The number of benzene rings is 1. The molecule has 0 aromatic heterocycles. The van der Waals surface area contributed by atoms with E-state index in [1.54, 1.807) is 29.2 Å². The first kappa shape index (κ1) is 17.5. The summed E-state index contributed by atoms with van der Waals surface area (Å²) in [7, 11) is 0. The van der Waals surface area contributed by atoms with E-state index in [1.807, 2.05) is 4.90 Å². The Kier molecular flexibility index (Phi) is 5.70. The Hall–Kier alpha value is -2.35. The van der Waals surface area contributed by atoms with Crippen LogP contribution in [0.5, 0.6) is 0 Å². The third kappa shape index (κ3) is 4.39. The number of rotatable bonds is 3. The van der Waals surface area contributed by atoms with E-state index in [9.17, 15) is 9.59 Å². The maximum Gasteiger partial charge on any atom is 0.253 e. The van der Waals surface area contributed by atoms with Crippen LogP contribution in [-0.4, -0.2) is 47.8 Å². The molecule has 0 spiro atoms. The molecule has 1 aliphatic carbocycles. The highest BCUT2D eigenvalue weighted by Gasteiger charge is 2.26. The van der Waals surface area contributed by atoms with Crippen LogP contribution in [0.15, 0.2) is 24.3 Å².